The normalized spacial score (nSPS) is 11.8. The highest BCUT2D eigenvalue weighted by atomic mass is 79.9. The number of nitrogen functional groups attached to an aromatic ring is 1. The molecule has 0 atom stereocenters. The Labute approximate surface area is 119 Å². The average molecular weight is 330 g/mol. The molecule has 2 rings (SSSR count). The maximum absolute atomic E-state index is 6.23. The minimum Gasteiger partial charge on any atom is -0.382 e. The van der Waals surface area contributed by atoms with Crippen molar-refractivity contribution < 1.29 is 0 Å². The van der Waals surface area contributed by atoms with E-state index in [9.17, 15) is 0 Å². The average Bonchev–Trinajstić information content (AvgIpc) is 2.57. The van der Waals surface area contributed by atoms with Crippen LogP contribution < -0.4 is 5.73 Å². The van der Waals surface area contributed by atoms with Crippen LogP contribution >= 0.6 is 27.5 Å². The van der Waals surface area contributed by atoms with Gasteiger partial charge in [-0.1, -0.05) is 32.4 Å². The van der Waals surface area contributed by atoms with Crippen molar-refractivity contribution in [1.29, 1.82) is 0 Å². The minimum absolute atomic E-state index is 0.161. The molecule has 4 nitrogen and oxygen atoms in total. The van der Waals surface area contributed by atoms with Crippen molar-refractivity contribution in [3.8, 4) is 5.82 Å². The van der Waals surface area contributed by atoms with E-state index in [1.807, 2.05) is 32.9 Å². The molecular weight excluding hydrogens is 316 g/mol. The molecule has 0 amide bonds. The van der Waals surface area contributed by atoms with Crippen LogP contribution in [-0.4, -0.2) is 14.8 Å². The first-order valence-electron chi connectivity index (χ1n) is 5.47. The van der Waals surface area contributed by atoms with Crippen LogP contribution in [0, 0.1) is 0 Å². The van der Waals surface area contributed by atoms with Crippen molar-refractivity contribution in [3.63, 3.8) is 0 Å². The van der Waals surface area contributed by atoms with E-state index in [0.717, 1.165) is 10.2 Å². The zero-order valence-corrected chi connectivity index (χ0v) is 12.7. The molecule has 0 spiro atoms. The van der Waals surface area contributed by atoms with Gasteiger partial charge in [0.2, 0.25) is 0 Å². The van der Waals surface area contributed by atoms with Gasteiger partial charge in [-0.05, 0) is 28.1 Å². The lowest BCUT2D eigenvalue weighted by Gasteiger charge is -2.15. The van der Waals surface area contributed by atoms with Crippen LogP contribution in [0.4, 0.5) is 5.82 Å². The first kappa shape index (κ1) is 13.4. The van der Waals surface area contributed by atoms with Crippen LogP contribution in [0.2, 0.25) is 5.02 Å². The Balaban J connectivity index is 2.56. The van der Waals surface area contributed by atoms with E-state index in [0.29, 0.717) is 16.7 Å². The fourth-order valence-electron chi connectivity index (χ4n) is 1.56. The van der Waals surface area contributed by atoms with Crippen molar-refractivity contribution >= 4 is 33.3 Å². The van der Waals surface area contributed by atoms with Gasteiger partial charge < -0.3 is 5.73 Å². The molecule has 2 N–H and O–H groups in total. The highest BCUT2D eigenvalue weighted by Crippen LogP contribution is 2.33. The van der Waals surface area contributed by atoms with Crippen molar-refractivity contribution in [1.82, 2.24) is 14.8 Å². The number of halogens is 2. The van der Waals surface area contributed by atoms with E-state index >= 15 is 0 Å². The Morgan fingerprint density at radius 1 is 1.33 bits per heavy atom. The third-order valence-corrected chi connectivity index (χ3v) is 3.34. The lowest BCUT2D eigenvalue weighted by atomic mass is 9.92. The van der Waals surface area contributed by atoms with Crippen molar-refractivity contribution in [2.24, 2.45) is 0 Å². The zero-order valence-electron chi connectivity index (χ0n) is 10.4. The summed E-state index contributed by atoms with van der Waals surface area (Å²) < 4.78 is 2.47. The number of aromatic nitrogens is 3. The van der Waals surface area contributed by atoms with Crippen LogP contribution in [0.15, 0.2) is 22.8 Å². The molecule has 2 aromatic heterocycles. The van der Waals surface area contributed by atoms with Crippen molar-refractivity contribution in [3.05, 3.63) is 33.5 Å². The fraction of sp³-hybridized carbons (Fsp3) is 0.333. The standard InChI is InChI=1S/C12H14BrClN4/c1-12(2,3)10-9(14)11(15)18(17-10)8-5-4-7(13)6-16-8/h4-6H,15H2,1-3H3. The molecule has 96 valence electrons. The summed E-state index contributed by atoms with van der Waals surface area (Å²) in [4.78, 5) is 4.26. The number of hydrogen-bond donors (Lipinski definition) is 1. The Kier molecular flexibility index (Phi) is 3.38. The lowest BCUT2D eigenvalue weighted by molar-refractivity contribution is 0.560. The molecule has 0 unspecified atom stereocenters. The summed E-state index contributed by atoms with van der Waals surface area (Å²) in [6, 6.07) is 3.71. The van der Waals surface area contributed by atoms with E-state index < -0.39 is 0 Å². The van der Waals surface area contributed by atoms with Gasteiger partial charge in [0.15, 0.2) is 5.82 Å². The predicted octanol–water partition coefficient (Wildman–Crippen LogP) is 3.56. The Morgan fingerprint density at radius 3 is 2.44 bits per heavy atom. The quantitative estimate of drug-likeness (QED) is 0.870. The third kappa shape index (κ3) is 2.37. The summed E-state index contributed by atoms with van der Waals surface area (Å²) in [7, 11) is 0. The topological polar surface area (TPSA) is 56.7 Å². The summed E-state index contributed by atoms with van der Waals surface area (Å²) in [6.45, 7) is 6.13. The summed E-state index contributed by atoms with van der Waals surface area (Å²) in [5, 5.41) is 4.96. The maximum Gasteiger partial charge on any atom is 0.155 e. The Bertz CT molecular complexity index is 569. The van der Waals surface area contributed by atoms with Gasteiger partial charge in [0, 0.05) is 16.1 Å². The molecule has 0 aromatic carbocycles. The molecule has 2 aromatic rings. The van der Waals surface area contributed by atoms with Gasteiger partial charge in [-0.15, -0.1) is 0 Å². The smallest absolute Gasteiger partial charge is 0.155 e. The highest BCUT2D eigenvalue weighted by Gasteiger charge is 2.25. The largest absolute Gasteiger partial charge is 0.382 e. The number of nitrogens with two attached hydrogens (primary N) is 1. The fourth-order valence-corrected chi connectivity index (χ4v) is 2.20. The zero-order chi connectivity index (χ0) is 13.5. The number of nitrogens with zero attached hydrogens (tertiary/aromatic N) is 3. The first-order chi connectivity index (χ1) is 8.30. The molecule has 0 bridgehead atoms. The van der Waals surface area contributed by atoms with Gasteiger partial charge in [-0.2, -0.15) is 9.78 Å². The van der Waals surface area contributed by atoms with E-state index in [1.54, 1.807) is 10.9 Å². The van der Waals surface area contributed by atoms with Gasteiger partial charge in [0.1, 0.15) is 10.8 Å². The minimum atomic E-state index is -0.161. The van der Waals surface area contributed by atoms with E-state index in [2.05, 4.69) is 26.0 Å². The third-order valence-electron chi connectivity index (χ3n) is 2.50. The maximum atomic E-state index is 6.23. The van der Waals surface area contributed by atoms with Gasteiger partial charge in [0.05, 0.1) is 5.69 Å². The summed E-state index contributed by atoms with van der Waals surface area (Å²) >= 11 is 9.57. The predicted molar refractivity (Wildman–Crippen MR) is 77.2 cm³/mol. The molecule has 0 radical (unpaired) electrons. The van der Waals surface area contributed by atoms with Crippen LogP contribution in [0.5, 0.6) is 0 Å². The Hall–Kier alpha value is -1.07. The second-order valence-electron chi connectivity index (χ2n) is 5.04. The number of pyridine rings is 1. The molecule has 0 aliphatic rings. The second-order valence-corrected chi connectivity index (χ2v) is 6.34. The molecule has 2 heterocycles. The molecule has 6 heteroatoms. The SMILES string of the molecule is CC(C)(C)c1nn(-c2ccc(Br)cn2)c(N)c1Cl. The molecule has 0 aliphatic heterocycles. The summed E-state index contributed by atoms with van der Waals surface area (Å²) in [5.41, 5.74) is 6.60. The van der Waals surface area contributed by atoms with Crippen LogP contribution in [-0.2, 0) is 5.41 Å². The van der Waals surface area contributed by atoms with Crippen LogP contribution in [0.1, 0.15) is 26.5 Å². The highest BCUT2D eigenvalue weighted by molar-refractivity contribution is 9.10. The summed E-state index contributed by atoms with van der Waals surface area (Å²) in [5.74, 6) is 1.06. The number of rotatable bonds is 1. The molecule has 0 fully saturated rings. The molecular formula is C12H14BrClN4. The lowest BCUT2D eigenvalue weighted by Crippen LogP contribution is -2.13. The molecule has 0 aliphatic carbocycles. The van der Waals surface area contributed by atoms with E-state index in [1.165, 1.54) is 0 Å². The van der Waals surface area contributed by atoms with Crippen molar-refractivity contribution in [2.45, 2.75) is 26.2 Å². The number of anilines is 1. The van der Waals surface area contributed by atoms with Crippen LogP contribution in [0.3, 0.4) is 0 Å². The van der Waals surface area contributed by atoms with E-state index in [-0.39, 0.29) is 5.41 Å². The Morgan fingerprint density at radius 2 is 2.00 bits per heavy atom. The van der Waals surface area contributed by atoms with Crippen molar-refractivity contribution in [2.75, 3.05) is 5.73 Å². The van der Waals surface area contributed by atoms with Crippen LogP contribution in [0.25, 0.3) is 5.82 Å². The first-order valence-corrected chi connectivity index (χ1v) is 6.64. The van der Waals surface area contributed by atoms with Gasteiger partial charge in [-0.25, -0.2) is 4.98 Å². The molecule has 0 saturated carbocycles. The van der Waals surface area contributed by atoms with Gasteiger partial charge >= 0.3 is 0 Å². The second kappa shape index (κ2) is 4.55. The van der Waals surface area contributed by atoms with Gasteiger partial charge in [0.25, 0.3) is 0 Å². The summed E-state index contributed by atoms with van der Waals surface area (Å²) in [6.07, 6.45) is 1.70. The van der Waals surface area contributed by atoms with E-state index in [4.69, 9.17) is 17.3 Å². The monoisotopic (exact) mass is 328 g/mol. The van der Waals surface area contributed by atoms with Gasteiger partial charge in [-0.3, -0.25) is 0 Å². The number of hydrogen-bond acceptors (Lipinski definition) is 3. The molecule has 18 heavy (non-hydrogen) atoms. The molecule has 0 saturated heterocycles.